The first-order valence-corrected chi connectivity index (χ1v) is 14.2. The smallest absolute Gasteiger partial charge is 0.412 e. The monoisotopic (exact) mass is 638 g/mol. The molecule has 0 bridgehead atoms. The Morgan fingerprint density at radius 2 is 1.85 bits per heavy atom. The number of pyridine rings is 1. The molecule has 0 radical (unpaired) electrons. The van der Waals surface area contributed by atoms with Crippen molar-refractivity contribution in [3.05, 3.63) is 83.8 Å². The Morgan fingerprint density at radius 1 is 1.04 bits per heavy atom. The molecule has 2 heterocycles. The van der Waals surface area contributed by atoms with Gasteiger partial charge in [-0.15, -0.1) is 0 Å². The number of amides is 2. The maximum Gasteiger partial charge on any atom is 0.412 e. The summed E-state index contributed by atoms with van der Waals surface area (Å²) < 4.78 is 96.4. The van der Waals surface area contributed by atoms with Crippen molar-refractivity contribution >= 4 is 46.3 Å². The molecule has 4 rings (SSSR count). The molecule has 2 aromatic carbocycles. The lowest BCUT2D eigenvalue weighted by molar-refractivity contribution is -0.142. The fourth-order valence-corrected chi connectivity index (χ4v) is 4.33. The van der Waals surface area contributed by atoms with Crippen molar-refractivity contribution in [3.63, 3.8) is 0 Å². The van der Waals surface area contributed by atoms with Gasteiger partial charge in [0.1, 0.15) is 17.5 Å². The predicted octanol–water partition coefficient (Wildman–Crippen LogP) is 5.81. The highest BCUT2D eigenvalue weighted by Crippen LogP contribution is 2.21. The summed E-state index contributed by atoms with van der Waals surface area (Å²) in [6, 6.07) is 16.4. The lowest BCUT2D eigenvalue weighted by atomic mass is 10.1. The quantitative estimate of drug-likeness (QED) is 0.0838. The van der Waals surface area contributed by atoms with Gasteiger partial charge in [0.25, 0.3) is 5.91 Å². The molecular weight excluding hydrogens is 586 g/mol. The number of fused-ring (bicyclic) bond motifs is 1. The second-order valence-corrected chi connectivity index (χ2v) is 9.55. The number of hydrogen-bond donors (Lipinski definition) is 3. The number of benzene rings is 2. The molecule has 0 saturated heterocycles. The molecule has 4 aromatic rings. The van der Waals surface area contributed by atoms with Crippen LogP contribution in [-0.4, -0.2) is 58.1 Å². The van der Waals surface area contributed by atoms with E-state index in [9.17, 15) is 14.4 Å². The normalized spacial score (nSPS) is 15.8. The minimum atomic E-state index is -3.89. The van der Waals surface area contributed by atoms with Crippen LogP contribution in [0.1, 0.15) is 82.5 Å². The summed E-state index contributed by atoms with van der Waals surface area (Å²) in [5.74, 6) is -0.299. The van der Waals surface area contributed by atoms with Gasteiger partial charge < -0.3 is 19.4 Å². The van der Waals surface area contributed by atoms with E-state index in [1.807, 2.05) is 16.9 Å². The van der Waals surface area contributed by atoms with Crippen molar-refractivity contribution in [3.8, 4) is 0 Å². The summed E-state index contributed by atoms with van der Waals surface area (Å²) >= 11 is 0. The van der Waals surface area contributed by atoms with E-state index in [1.165, 1.54) is 17.0 Å². The predicted molar refractivity (Wildman–Crippen MR) is 177 cm³/mol. The zero-order valence-corrected chi connectivity index (χ0v) is 25.2. The van der Waals surface area contributed by atoms with Crippen LogP contribution in [0, 0.1) is 5.41 Å². The first kappa shape index (κ1) is 21.5. The topological polar surface area (TPSA) is 152 Å². The Bertz CT molecular complexity index is 2100. The number of hydrogen-bond acceptors (Lipinski definition) is 9. The first-order chi connectivity index (χ1) is 26.4. The Balaban J connectivity index is 1.37. The molecule has 0 unspecified atom stereocenters. The zero-order chi connectivity index (χ0) is 42.6. The molecule has 12 nitrogen and oxygen atoms in total. The molecule has 2 amide bonds. The van der Waals surface area contributed by atoms with Gasteiger partial charge in [-0.1, -0.05) is 32.0 Å². The molecule has 0 fully saturated rings. The largest absolute Gasteiger partial charge is 0.466 e. The van der Waals surface area contributed by atoms with E-state index in [-0.39, 0.29) is 37.6 Å². The minimum absolute atomic E-state index is 0.0196. The lowest BCUT2D eigenvalue weighted by Crippen LogP contribution is -2.34. The van der Waals surface area contributed by atoms with Crippen molar-refractivity contribution in [2.45, 2.75) is 52.2 Å². The average molecular weight is 639 g/mol. The maximum atomic E-state index is 13.7. The molecular formula is C34H41N7O5. The van der Waals surface area contributed by atoms with Crippen LogP contribution in [0.25, 0.3) is 11.0 Å². The summed E-state index contributed by atoms with van der Waals surface area (Å²) in [5.41, 5.74) is 2.43. The Labute approximate surface area is 284 Å². The van der Waals surface area contributed by atoms with E-state index in [0.29, 0.717) is 28.4 Å². The van der Waals surface area contributed by atoms with E-state index < -0.39 is 56.8 Å². The van der Waals surface area contributed by atoms with E-state index in [2.05, 4.69) is 10.3 Å². The number of ether oxygens (including phenoxy) is 2. The molecule has 0 aliphatic carbocycles. The van der Waals surface area contributed by atoms with Gasteiger partial charge >= 0.3 is 12.1 Å². The lowest BCUT2D eigenvalue weighted by Gasteiger charge is -2.21. The Kier molecular flexibility index (Phi) is 7.80. The molecule has 0 atom stereocenters. The Hall–Kier alpha value is -5.26. The van der Waals surface area contributed by atoms with Crippen molar-refractivity contribution in [2.24, 2.45) is 7.05 Å². The number of amidine groups is 1. The first-order valence-electron chi connectivity index (χ1n) is 19.7. The third-order valence-corrected chi connectivity index (χ3v) is 6.58. The molecule has 0 aliphatic rings. The number of nitrogens with zero attached hydrogens (tertiary/aromatic N) is 4. The van der Waals surface area contributed by atoms with Crippen LogP contribution in [0.5, 0.6) is 0 Å². The zero-order valence-electron chi connectivity index (χ0n) is 36.2. The van der Waals surface area contributed by atoms with Crippen molar-refractivity contribution in [2.75, 3.05) is 30.0 Å². The number of anilines is 2. The van der Waals surface area contributed by atoms with Gasteiger partial charge in [-0.3, -0.25) is 25.2 Å². The highest BCUT2D eigenvalue weighted by atomic mass is 16.5. The molecule has 0 spiro atoms. The highest BCUT2D eigenvalue weighted by Gasteiger charge is 2.21. The van der Waals surface area contributed by atoms with Crippen molar-refractivity contribution in [1.29, 1.82) is 5.41 Å². The van der Waals surface area contributed by atoms with Crippen LogP contribution in [0.3, 0.4) is 0 Å². The number of aryl methyl sites for hydroxylation is 1. The molecule has 242 valence electrons. The molecule has 2 aromatic heterocycles. The van der Waals surface area contributed by atoms with E-state index in [4.69, 9.17) is 34.9 Å². The van der Waals surface area contributed by atoms with Crippen LogP contribution in [0.15, 0.2) is 66.9 Å². The van der Waals surface area contributed by atoms with Crippen molar-refractivity contribution < 1.29 is 38.9 Å². The van der Waals surface area contributed by atoms with E-state index in [1.54, 1.807) is 61.7 Å². The van der Waals surface area contributed by atoms with Crippen LogP contribution in [-0.2, 0) is 27.9 Å². The number of aromatic nitrogens is 3. The van der Waals surface area contributed by atoms with Crippen LogP contribution in [0.2, 0.25) is 0 Å². The van der Waals surface area contributed by atoms with Gasteiger partial charge in [-0.25, -0.2) is 14.8 Å². The average Bonchev–Trinajstić information content (AvgIpc) is 3.47. The fourth-order valence-electron chi connectivity index (χ4n) is 4.33. The third kappa shape index (κ3) is 9.13. The van der Waals surface area contributed by atoms with E-state index in [0.717, 1.165) is 5.52 Å². The highest BCUT2D eigenvalue weighted by molar-refractivity contribution is 6.07. The number of alkyl carbamates (subject to hydrolysis) is 1. The number of nitrogens with one attached hydrogen (secondary N) is 3. The number of carbonyl (C=O) groups is 3. The summed E-state index contributed by atoms with van der Waals surface area (Å²) in [7, 11) is 1.81. The summed E-state index contributed by atoms with van der Waals surface area (Å²) in [4.78, 5) is 48.5. The molecule has 3 N–H and O–H groups in total. The van der Waals surface area contributed by atoms with Gasteiger partial charge in [-0.2, -0.15) is 0 Å². The van der Waals surface area contributed by atoms with Gasteiger partial charge in [0.15, 0.2) is 0 Å². The van der Waals surface area contributed by atoms with Crippen LogP contribution < -0.4 is 15.5 Å². The number of esters is 1. The molecule has 12 heteroatoms. The molecule has 0 aliphatic heterocycles. The number of carbonyl (C=O) groups excluding carboxylic acids is 3. The second-order valence-electron chi connectivity index (χ2n) is 9.55. The maximum absolute atomic E-state index is 13.7. The summed E-state index contributed by atoms with van der Waals surface area (Å²) in [5, 5.41) is 13.5. The van der Waals surface area contributed by atoms with Crippen LogP contribution in [0.4, 0.5) is 16.3 Å². The SMILES string of the molecule is [2H]C([2H])([2H])C([2H])([2H])C([2H])([2H])C([2H])([2H])C([2H])([2H])COC(=O)NC(=N)c1ccc(NCc2nc3cc(C(=O)N(CCC(=O)OCC)c4ccccn4)ccc3n2C)cc1. The van der Waals surface area contributed by atoms with Crippen molar-refractivity contribution in [1.82, 2.24) is 19.9 Å². The van der Waals surface area contributed by atoms with Gasteiger partial charge in [0.05, 0.1) is 37.2 Å². The molecule has 46 heavy (non-hydrogen) atoms. The summed E-state index contributed by atoms with van der Waals surface area (Å²) in [6.07, 6.45) is -14.7. The minimum Gasteiger partial charge on any atom is -0.466 e. The van der Waals surface area contributed by atoms with Crippen LogP contribution >= 0.6 is 0 Å². The fraction of sp³-hybridized carbons (Fsp3) is 0.353. The standard InChI is InChI=1S/C34H41N7O5/c1-4-6-7-10-21-46-34(44)39-32(35)24-12-15-26(16-13-24)37-23-30-38-27-22-25(14-17-28(27)40(30)3)33(43)41(20-18-31(42)45-5-2)29-11-8-9-19-36-29/h8-9,11-17,19,22,37H,4-7,10,18,20-21,23H2,1-3H3,(H2,35,39,44)/i1D3,4D2,6D2,7D2,10D2. The second kappa shape index (κ2) is 16.7. The molecule has 0 saturated carbocycles. The van der Waals surface area contributed by atoms with Gasteiger partial charge in [-0.05, 0) is 67.9 Å². The summed E-state index contributed by atoms with van der Waals surface area (Å²) in [6.45, 7) is -2.84. The third-order valence-electron chi connectivity index (χ3n) is 6.58. The number of imidazole rings is 1. The van der Waals surface area contributed by atoms with E-state index >= 15 is 0 Å². The number of rotatable bonds is 15. The van der Waals surface area contributed by atoms with Gasteiger partial charge in [0, 0.05) is 51.7 Å². The Morgan fingerprint density at radius 3 is 2.59 bits per heavy atom. The van der Waals surface area contributed by atoms with Gasteiger partial charge in [0.2, 0.25) is 0 Å².